The van der Waals surface area contributed by atoms with E-state index in [4.69, 9.17) is 4.74 Å². The average molecular weight is 504 g/mol. The van der Waals surface area contributed by atoms with Gasteiger partial charge in [-0.15, -0.1) is 0 Å². The second-order valence-electron chi connectivity index (χ2n) is 7.84. The molecule has 0 aliphatic carbocycles. The molecule has 1 atom stereocenters. The number of hydrogen-bond donors (Lipinski definition) is 2. The number of likely N-dealkylation sites (tertiary alicyclic amines) is 1. The van der Waals surface area contributed by atoms with Gasteiger partial charge in [0.1, 0.15) is 12.0 Å². The maximum Gasteiger partial charge on any atom is 0.410 e. The standard InChI is InChI=1S/C20H28BrN3O5.H2S/c1-20(2,3)29-19(27)24-9-5-6-14(24)12-22-15-8-7-13(21)10-16(15)23-17(25)11-18(26)28-4;/h7-8,10,14,22H,5-6,9,11-12H2,1-4H3,(H,23,25);1H2. The molecule has 1 aliphatic heterocycles. The Morgan fingerprint density at radius 3 is 2.57 bits per heavy atom. The number of anilines is 2. The van der Waals surface area contributed by atoms with Crippen molar-refractivity contribution in [1.82, 2.24) is 4.90 Å². The van der Waals surface area contributed by atoms with Crippen LogP contribution in [-0.2, 0) is 19.1 Å². The molecular formula is C20H30BrN3O5S. The van der Waals surface area contributed by atoms with E-state index in [2.05, 4.69) is 31.3 Å². The van der Waals surface area contributed by atoms with Crippen molar-refractivity contribution in [3.8, 4) is 0 Å². The number of hydrogen-bond acceptors (Lipinski definition) is 6. The summed E-state index contributed by atoms with van der Waals surface area (Å²) >= 11 is 3.38. The van der Waals surface area contributed by atoms with Crippen molar-refractivity contribution in [3.05, 3.63) is 22.7 Å². The molecule has 0 spiro atoms. The first-order valence-corrected chi connectivity index (χ1v) is 10.3. The van der Waals surface area contributed by atoms with Crippen molar-refractivity contribution in [1.29, 1.82) is 0 Å². The van der Waals surface area contributed by atoms with Crippen molar-refractivity contribution in [3.63, 3.8) is 0 Å². The highest BCUT2D eigenvalue weighted by Gasteiger charge is 2.32. The second kappa shape index (κ2) is 11.5. The average Bonchev–Trinajstić information content (AvgIpc) is 3.08. The molecule has 168 valence electrons. The molecule has 10 heteroatoms. The van der Waals surface area contributed by atoms with Crippen LogP contribution in [0.3, 0.4) is 0 Å². The van der Waals surface area contributed by atoms with E-state index >= 15 is 0 Å². The Balaban J connectivity index is 0.00000450. The Hall–Kier alpha value is -1.94. The summed E-state index contributed by atoms with van der Waals surface area (Å²) in [6.07, 6.45) is 1.10. The Morgan fingerprint density at radius 2 is 1.93 bits per heavy atom. The van der Waals surface area contributed by atoms with E-state index in [0.717, 1.165) is 17.3 Å². The van der Waals surface area contributed by atoms with Crippen LogP contribution in [0.2, 0.25) is 0 Å². The quantitative estimate of drug-likeness (QED) is 0.451. The van der Waals surface area contributed by atoms with E-state index in [1.54, 1.807) is 11.0 Å². The van der Waals surface area contributed by atoms with Gasteiger partial charge in [-0.1, -0.05) is 15.9 Å². The molecule has 0 aromatic heterocycles. The van der Waals surface area contributed by atoms with E-state index in [-0.39, 0.29) is 32.1 Å². The second-order valence-corrected chi connectivity index (χ2v) is 8.76. The molecule has 2 N–H and O–H groups in total. The molecule has 2 rings (SSSR count). The molecule has 1 aliphatic rings. The van der Waals surface area contributed by atoms with Crippen molar-refractivity contribution >= 4 is 58.8 Å². The molecule has 0 radical (unpaired) electrons. The van der Waals surface area contributed by atoms with Gasteiger partial charge in [0.25, 0.3) is 0 Å². The number of esters is 1. The third kappa shape index (κ3) is 8.06. The van der Waals surface area contributed by atoms with Gasteiger partial charge < -0.3 is 25.0 Å². The summed E-state index contributed by atoms with van der Waals surface area (Å²) < 4.78 is 10.8. The molecular weight excluding hydrogens is 474 g/mol. The van der Waals surface area contributed by atoms with Gasteiger partial charge in [-0.25, -0.2) is 4.79 Å². The fourth-order valence-electron chi connectivity index (χ4n) is 3.01. The largest absolute Gasteiger partial charge is 0.469 e. The molecule has 1 fully saturated rings. The highest BCUT2D eigenvalue weighted by Crippen LogP contribution is 2.28. The van der Waals surface area contributed by atoms with Crippen LogP contribution < -0.4 is 10.6 Å². The molecule has 1 unspecified atom stereocenters. The van der Waals surface area contributed by atoms with Crippen LogP contribution in [0.1, 0.15) is 40.0 Å². The molecule has 1 aromatic carbocycles. The minimum atomic E-state index is -0.606. The van der Waals surface area contributed by atoms with Gasteiger partial charge in [-0.2, -0.15) is 13.5 Å². The fraction of sp³-hybridized carbons (Fsp3) is 0.550. The van der Waals surface area contributed by atoms with Crippen molar-refractivity contribution < 1.29 is 23.9 Å². The highest BCUT2D eigenvalue weighted by molar-refractivity contribution is 9.10. The number of nitrogens with one attached hydrogen (secondary N) is 2. The summed E-state index contributed by atoms with van der Waals surface area (Å²) in [5.41, 5.74) is 0.693. The molecule has 2 amide bonds. The Labute approximate surface area is 192 Å². The number of carbonyl (C=O) groups excluding carboxylic acids is 3. The predicted octanol–water partition coefficient (Wildman–Crippen LogP) is 3.87. The highest BCUT2D eigenvalue weighted by atomic mass is 79.9. The molecule has 0 saturated carbocycles. The first kappa shape index (κ1) is 26.1. The summed E-state index contributed by atoms with van der Waals surface area (Å²) in [6, 6.07) is 5.41. The molecule has 1 saturated heterocycles. The van der Waals surface area contributed by atoms with Crippen LogP contribution in [0, 0.1) is 0 Å². The maximum atomic E-state index is 12.4. The Bertz CT molecular complexity index is 769. The number of methoxy groups -OCH3 is 1. The summed E-state index contributed by atoms with van der Waals surface area (Å²) in [4.78, 5) is 37.5. The van der Waals surface area contributed by atoms with Gasteiger partial charge >= 0.3 is 12.1 Å². The molecule has 1 aromatic rings. The monoisotopic (exact) mass is 503 g/mol. The number of ether oxygens (including phenoxy) is 2. The van der Waals surface area contributed by atoms with Gasteiger partial charge in [-0.05, 0) is 51.8 Å². The summed E-state index contributed by atoms with van der Waals surface area (Å²) in [5, 5.41) is 6.02. The third-order valence-electron chi connectivity index (χ3n) is 4.32. The SMILES string of the molecule is COC(=O)CC(=O)Nc1cc(Br)ccc1NCC1CCCN1C(=O)OC(C)(C)C.S. The van der Waals surface area contributed by atoms with Crippen molar-refractivity contribution in [2.24, 2.45) is 0 Å². The minimum Gasteiger partial charge on any atom is -0.469 e. The fourth-order valence-corrected chi connectivity index (χ4v) is 3.37. The van der Waals surface area contributed by atoms with Gasteiger partial charge in [-0.3, -0.25) is 9.59 Å². The molecule has 30 heavy (non-hydrogen) atoms. The summed E-state index contributed by atoms with van der Waals surface area (Å²) in [6.45, 7) is 6.71. The zero-order chi connectivity index (χ0) is 21.6. The Kier molecular flexibility index (Phi) is 9.96. The number of nitrogens with zero attached hydrogens (tertiary/aromatic N) is 1. The first-order chi connectivity index (χ1) is 13.6. The summed E-state index contributed by atoms with van der Waals surface area (Å²) in [7, 11) is 1.24. The predicted molar refractivity (Wildman–Crippen MR) is 124 cm³/mol. The van der Waals surface area contributed by atoms with E-state index in [0.29, 0.717) is 24.5 Å². The lowest BCUT2D eigenvalue weighted by Crippen LogP contribution is -2.42. The number of amides is 2. The van der Waals surface area contributed by atoms with Crippen LogP contribution in [0.25, 0.3) is 0 Å². The maximum absolute atomic E-state index is 12.4. The van der Waals surface area contributed by atoms with E-state index in [9.17, 15) is 14.4 Å². The van der Waals surface area contributed by atoms with Crippen molar-refractivity contribution in [2.75, 3.05) is 30.8 Å². The van der Waals surface area contributed by atoms with Crippen LogP contribution >= 0.6 is 29.4 Å². The lowest BCUT2D eigenvalue weighted by Gasteiger charge is -2.29. The number of halogens is 1. The first-order valence-electron chi connectivity index (χ1n) is 9.49. The van der Waals surface area contributed by atoms with Gasteiger partial charge in [0.2, 0.25) is 5.91 Å². The summed E-state index contributed by atoms with van der Waals surface area (Å²) in [5.74, 6) is -1.07. The molecule has 0 bridgehead atoms. The minimum absolute atomic E-state index is 0. The van der Waals surface area contributed by atoms with E-state index in [1.807, 2.05) is 32.9 Å². The zero-order valence-electron chi connectivity index (χ0n) is 17.7. The van der Waals surface area contributed by atoms with Crippen LogP contribution in [0.4, 0.5) is 16.2 Å². The number of rotatable bonds is 6. The van der Waals surface area contributed by atoms with Gasteiger partial charge in [0.05, 0.1) is 24.5 Å². The number of carbonyl (C=O) groups is 3. The smallest absolute Gasteiger partial charge is 0.410 e. The van der Waals surface area contributed by atoms with Gasteiger partial charge in [0, 0.05) is 17.6 Å². The molecule has 8 nitrogen and oxygen atoms in total. The Morgan fingerprint density at radius 1 is 1.23 bits per heavy atom. The third-order valence-corrected chi connectivity index (χ3v) is 4.81. The molecule has 1 heterocycles. The van der Waals surface area contributed by atoms with Crippen molar-refractivity contribution in [2.45, 2.75) is 51.7 Å². The number of benzene rings is 1. The topological polar surface area (TPSA) is 97.0 Å². The van der Waals surface area contributed by atoms with E-state index < -0.39 is 17.5 Å². The van der Waals surface area contributed by atoms with Gasteiger partial charge in [0.15, 0.2) is 0 Å². The van der Waals surface area contributed by atoms with Crippen LogP contribution in [0.5, 0.6) is 0 Å². The van der Waals surface area contributed by atoms with Crippen LogP contribution in [0.15, 0.2) is 22.7 Å². The zero-order valence-corrected chi connectivity index (χ0v) is 20.3. The lowest BCUT2D eigenvalue weighted by atomic mass is 10.2. The van der Waals surface area contributed by atoms with E-state index in [1.165, 1.54) is 7.11 Å². The van der Waals surface area contributed by atoms with Crippen LogP contribution in [-0.4, -0.2) is 54.7 Å². The lowest BCUT2D eigenvalue weighted by molar-refractivity contribution is -0.142. The normalized spacial score (nSPS) is 15.8.